The second-order valence-corrected chi connectivity index (χ2v) is 9.61. The van der Waals surface area contributed by atoms with E-state index >= 15 is 0 Å². The largest absolute Gasteiger partial charge is 0.478 e. The highest BCUT2D eigenvalue weighted by molar-refractivity contribution is 5.81. The van der Waals surface area contributed by atoms with Crippen molar-refractivity contribution in [3.05, 3.63) is 58.2 Å². The van der Waals surface area contributed by atoms with Crippen LogP contribution in [0.3, 0.4) is 0 Å². The van der Waals surface area contributed by atoms with E-state index in [-0.39, 0.29) is 10.8 Å². The predicted molar refractivity (Wildman–Crippen MR) is 122 cm³/mol. The topological polar surface area (TPSA) is 37.3 Å². The summed E-state index contributed by atoms with van der Waals surface area (Å²) in [5.74, 6) is 5.55. The molecule has 0 saturated carbocycles. The Labute approximate surface area is 177 Å². The van der Waals surface area contributed by atoms with Crippen LogP contribution in [0.2, 0.25) is 0 Å². The molecular weight excluding hydrogens is 356 g/mol. The monoisotopic (exact) mass is 392 g/mol. The number of hydrogen-bond donors (Lipinski definition) is 1. The second-order valence-electron chi connectivity index (χ2n) is 9.61. The van der Waals surface area contributed by atoms with Crippen LogP contribution in [0.1, 0.15) is 95.9 Å². The third-order valence-corrected chi connectivity index (χ3v) is 6.11. The van der Waals surface area contributed by atoms with E-state index in [1.807, 2.05) is 0 Å². The van der Waals surface area contributed by atoms with Gasteiger partial charge in [0.15, 0.2) is 0 Å². The first kappa shape index (κ1) is 23.0. The molecule has 1 N–H and O–H groups in total. The highest BCUT2D eigenvalue weighted by Gasteiger charge is 2.37. The average molecular weight is 393 g/mol. The summed E-state index contributed by atoms with van der Waals surface area (Å²) in [5, 5.41) is 8.82. The Kier molecular flexibility index (Phi) is 7.53. The number of aliphatic carboxylic acids is 1. The van der Waals surface area contributed by atoms with Crippen molar-refractivity contribution in [3.8, 4) is 11.8 Å². The summed E-state index contributed by atoms with van der Waals surface area (Å²) in [6.07, 6.45) is 11.8. The van der Waals surface area contributed by atoms with Crippen LogP contribution in [0.5, 0.6) is 0 Å². The Morgan fingerprint density at radius 1 is 1.10 bits per heavy atom. The van der Waals surface area contributed by atoms with Crippen LogP contribution in [0.15, 0.2) is 35.9 Å². The zero-order valence-electron chi connectivity index (χ0n) is 19.0. The Balaban J connectivity index is 2.46. The van der Waals surface area contributed by atoms with Gasteiger partial charge in [-0.25, -0.2) is 4.79 Å². The van der Waals surface area contributed by atoms with Crippen LogP contribution in [0.4, 0.5) is 0 Å². The number of carboxylic acids is 1. The van der Waals surface area contributed by atoms with Gasteiger partial charge in [0.25, 0.3) is 0 Å². The van der Waals surface area contributed by atoms with Gasteiger partial charge in [-0.2, -0.15) is 0 Å². The van der Waals surface area contributed by atoms with Gasteiger partial charge in [0, 0.05) is 11.6 Å². The number of benzene rings is 1. The Hall–Kier alpha value is -2.27. The molecule has 0 unspecified atom stereocenters. The lowest BCUT2D eigenvalue weighted by molar-refractivity contribution is -0.131. The van der Waals surface area contributed by atoms with Crippen LogP contribution in [-0.2, 0) is 22.0 Å². The molecule has 1 aromatic carbocycles. The Morgan fingerprint density at radius 2 is 1.72 bits per heavy atom. The first-order valence-electron chi connectivity index (χ1n) is 10.8. The SMILES string of the molecule is CCCCCc1cc2c(cc1C#CC=CC(C)=CC(=O)O)C(C)(C)CCC2(C)C. The summed E-state index contributed by atoms with van der Waals surface area (Å²) in [5.41, 5.74) is 6.44. The van der Waals surface area contributed by atoms with Crippen molar-refractivity contribution in [2.24, 2.45) is 0 Å². The highest BCUT2D eigenvalue weighted by Crippen LogP contribution is 2.46. The summed E-state index contributed by atoms with van der Waals surface area (Å²) >= 11 is 0. The van der Waals surface area contributed by atoms with Crippen molar-refractivity contribution in [1.29, 1.82) is 0 Å². The maximum atomic E-state index is 10.7. The maximum absolute atomic E-state index is 10.7. The van der Waals surface area contributed by atoms with E-state index in [4.69, 9.17) is 5.11 Å². The normalized spacial score (nSPS) is 17.5. The smallest absolute Gasteiger partial charge is 0.328 e. The first-order valence-corrected chi connectivity index (χ1v) is 10.8. The molecule has 1 aromatic rings. The van der Waals surface area contributed by atoms with Gasteiger partial charge >= 0.3 is 5.97 Å². The highest BCUT2D eigenvalue weighted by atomic mass is 16.4. The second kappa shape index (κ2) is 9.49. The number of hydrogen-bond acceptors (Lipinski definition) is 1. The van der Waals surface area contributed by atoms with E-state index in [1.165, 1.54) is 54.9 Å². The fourth-order valence-corrected chi connectivity index (χ4v) is 4.08. The van der Waals surface area contributed by atoms with Crippen molar-refractivity contribution >= 4 is 5.97 Å². The fraction of sp³-hybridized carbons (Fsp3) is 0.519. The molecule has 2 nitrogen and oxygen atoms in total. The molecule has 1 aliphatic rings. The Bertz CT molecular complexity index is 870. The molecule has 1 aliphatic carbocycles. The molecule has 29 heavy (non-hydrogen) atoms. The summed E-state index contributed by atoms with van der Waals surface area (Å²) in [7, 11) is 0. The summed E-state index contributed by atoms with van der Waals surface area (Å²) in [6.45, 7) is 13.4. The molecule has 0 saturated heterocycles. The van der Waals surface area contributed by atoms with Crippen LogP contribution >= 0.6 is 0 Å². The van der Waals surface area contributed by atoms with Gasteiger partial charge in [-0.1, -0.05) is 71.4 Å². The quantitative estimate of drug-likeness (QED) is 0.253. The molecule has 2 heteroatoms. The zero-order valence-corrected chi connectivity index (χ0v) is 19.0. The zero-order chi connectivity index (χ0) is 21.7. The standard InChI is InChI=1S/C27H36O2/c1-7-8-9-13-21-18-23-24(27(5,6)16-15-26(23,3)4)19-22(21)14-11-10-12-20(2)17-25(28)29/h10,12,17-19H,7-9,13,15-16H2,1-6H3,(H,28,29). The van der Waals surface area contributed by atoms with Gasteiger partial charge in [0.1, 0.15) is 0 Å². The van der Waals surface area contributed by atoms with Crippen molar-refractivity contribution in [1.82, 2.24) is 0 Å². The fourth-order valence-electron chi connectivity index (χ4n) is 4.08. The Morgan fingerprint density at radius 3 is 2.31 bits per heavy atom. The van der Waals surface area contributed by atoms with Crippen molar-refractivity contribution in [2.45, 2.75) is 90.9 Å². The van der Waals surface area contributed by atoms with E-state index in [0.717, 1.165) is 12.0 Å². The van der Waals surface area contributed by atoms with Gasteiger partial charge in [-0.05, 0) is 77.8 Å². The number of aryl methyl sites for hydroxylation is 1. The van der Waals surface area contributed by atoms with Crippen LogP contribution in [-0.4, -0.2) is 11.1 Å². The lowest BCUT2D eigenvalue weighted by Crippen LogP contribution is -2.34. The molecule has 0 radical (unpaired) electrons. The number of carboxylic acid groups (broad SMARTS) is 1. The third kappa shape index (κ3) is 6.10. The number of carbonyl (C=O) groups is 1. The first-order chi connectivity index (χ1) is 13.6. The number of rotatable bonds is 6. The average Bonchev–Trinajstić information content (AvgIpc) is 2.62. The third-order valence-electron chi connectivity index (χ3n) is 6.11. The van der Waals surface area contributed by atoms with E-state index in [9.17, 15) is 4.79 Å². The summed E-state index contributed by atoms with van der Waals surface area (Å²) < 4.78 is 0. The number of allylic oxidation sites excluding steroid dienone is 3. The van der Waals surface area contributed by atoms with Gasteiger partial charge in [0.2, 0.25) is 0 Å². The number of unbranched alkanes of at least 4 members (excludes halogenated alkanes) is 2. The molecule has 0 spiro atoms. The molecule has 0 aromatic heterocycles. The minimum atomic E-state index is -0.933. The van der Waals surface area contributed by atoms with Gasteiger partial charge < -0.3 is 5.11 Å². The summed E-state index contributed by atoms with van der Waals surface area (Å²) in [4.78, 5) is 10.7. The van der Waals surface area contributed by atoms with E-state index in [1.54, 1.807) is 19.1 Å². The lowest BCUT2D eigenvalue weighted by atomic mass is 9.62. The predicted octanol–water partition coefficient (Wildman–Crippen LogP) is 6.71. The van der Waals surface area contributed by atoms with Gasteiger partial charge in [-0.3, -0.25) is 0 Å². The molecule has 0 fully saturated rings. The molecule has 0 heterocycles. The van der Waals surface area contributed by atoms with Crippen LogP contribution in [0, 0.1) is 11.8 Å². The molecular formula is C27H36O2. The molecule has 2 rings (SSSR count). The van der Waals surface area contributed by atoms with E-state index in [2.05, 4.69) is 58.6 Å². The lowest BCUT2D eigenvalue weighted by Gasteiger charge is -2.42. The molecule has 0 aliphatic heterocycles. The van der Waals surface area contributed by atoms with Gasteiger partial charge in [-0.15, -0.1) is 0 Å². The molecule has 156 valence electrons. The molecule has 0 amide bonds. The minimum Gasteiger partial charge on any atom is -0.478 e. The van der Waals surface area contributed by atoms with E-state index < -0.39 is 5.97 Å². The molecule has 0 atom stereocenters. The minimum absolute atomic E-state index is 0.167. The maximum Gasteiger partial charge on any atom is 0.328 e. The van der Waals surface area contributed by atoms with Crippen molar-refractivity contribution < 1.29 is 9.90 Å². The van der Waals surface area contributed by atoms with Crippen molar-refractivity contribution in [2.75, 3.05) is 0 Å². The van der Waals surface area contributed by atoms with Crippen LogP contribution in [0.25, 0.3) is 0 Å². The molecule has 0 bridgehead atoms. The van der Waals surface area contributed by atoms with Crippen molar-refractivity contribution in [3.63, 3.8) is 0 Å². The summed E-state index contributed by atoms with van der Waals surface area (Å²) in [6, 6.07) is 4.76. The number of fused-ring (bicyclic) bond motifs is 1. The van der Waals surface area contributed by atoms with Crippen LogP contribution < -0.4 is 0 Å². The van der Waals surface area contributed by atoms with Gasteiger partial charge in [0.05, 0.1) is 0 Å². The van der Waals surface area contributed by atoms with E-state index in [0.29, 0.717) is 5.57 Å².